The van der Waals surface area contributed by atoms with E-state index in [0.717, 1.165) is 26.1 Å². The van der Waals surface area contributed by atoms with Crippen LogP contribution in [0.4, 0.5) is 0 Å². The minimum Gasteiger partial charge on any atom is -0.381 e. The quantitative estimate of drug-likeness (QED) is 0.462. The molecule has 0 aromatic heterocycles. The summed E-state index contributed by atoms with van der Waals surface area (Å²) in [5.41, 5.74) is 0.299. The van der Waals surface area contributed by atoms with Crippen molar-refractivity contribution in [3.63, 3.8) is 0 Å². The highest BCUT2D eigenvalue weighted by atomic mass is 16.5. The molecule has 0 aliphatic carbocycles. The van der Waals surface area contributed by atoms with Gasteiger partial charge in [-0.3, -0.25) is 0 Å². The van der Waals surface area contributed by atoms with Crippen LogP contribution in [-0.4, -0.2) is 13.2 Å². The van der Waals surface area contributed by atoms with Gasteiger partial charge in [0.15, 0.2) is 0 Å². The molecule has 0 spiro atoms. The van der Waals surface area contributed by atoms with Crippen molar-refractivity contribution in [3.8, 4) is 0 Å². The lowest BCUT2D eigenvalue weighted by atomic mass is 9.99. The van der Waals surface area contributed by atoms with Crippen molar-refractivity contribution in [1.29, 1.82) is 0 Å². The maximum atomic E-state index is 5.57. The molecule has 0 unspecified atom stereocenters. The first-order chi connectivity index (χ1) is 6.42. The zero-order chi connectivity index (χ0) is 11.0. The van der Waals surface area contributed by atoms with Gasteiger partial charge in [0.25, 0.3) is 0 Å². The van der Waals surface area contributed by atoms with E-state index < -0.39 is 0 Å². The zero-order valence-electron chi connectivity index (χ0n) is 10.5. The van der Waals surface area contributed by atoms with E-state index in [0.29, 0.717) is 11.3 Å². The van der Waals surface area contributed by atoms with Gasteiger partial charge >= 0.3 is 0 Å². The summed E-state index contributed by atoms with van der Waals surface area (Å²) < 4.78 is 5.57. The van der Waals surface area contributed by atoms with Gasteiger partial charge in [-0.2, -0.15) is 0 Å². The van der Waals surface area contributed by atoms with Crippen molar-refractivity contribution in [2.75, 3.05) is 13.2 Å². The summed E-state index contributed by atoms with van der Waals surface area (Å²) in [6, 6.07) is 0. The molecule has 1 nitrogen and oxygen atoms in total. The Balaban J connectivity index is 3.23. The van der Waals surface area contributed by atoms with E-state index in [4.69, 9.17) is 4.74 Å². The predicted octanol–water partition coefficient (Wildman–Crippen LogP) is 4.04. The van der Waals surface area contributed by atoms with Gasteiger partial charge in [-0.1, -0.05) is 46.8 Å². The van der Waals surface area contributed by atoms with Crippen LogP contribution in [0.15, 0.2) is 12.2 Å². The normalized spacial score (nSPS) is 13.0. The molecule has 0 amide bonds. The molecule has 0 saturated heterocycles. The monoisotopic (exact) mass is 198 g/mol. The average Bonchev–Trinajstić information content (AvgIpc) is 2.00. The van der Waals surface area contributed by atoms with E-state index >= 15 is 0 Å². The molecule has 0 bridgehead atoms. The van der Waals surface area contributed by atoms with Crippen molar-refractivity contribution < 1.29 is 4.74 Å². The van der Waals surface area contributed by atoms with Gasteiger partial charge in [0.1, 0.15) is 0 Å². The highest BCUT2D eigenvalue weighted by molar-refractivity contribution is 4.83. The minimum atomic E-state index is 0.299. The molecule has 0 aliphatic rings. The maximum Gasteiger partial charge on any atom is 0.0514 e. The van der Waals surface area contributed by atoms with Crippen LogP contribution in [0.2, 0.25) is 0 Å². The Morgan fingerprint density at radius 3 is 2.36 bits per heavy atom. The Labute approximate surface area is 89.5 Å². The topological polar surface area (TPSA) is 9.23 Å². The largest absolute Gasteiger partial charge is 0.381 e. The first-order valence-electron chi connectivity index (χ1n) is 5.66. The molecule has 0 aliphatic heterocycles. The first-order valence-corrected chi connectivity index (χ1v) is 5.66. The Morgan fingerprint density at radius 1 is 1.21 bits per heavy atom. The lowest BCUT2D eigenvalue weighted by molar-refractivity contribution is 0.0701. The first kappa shape index (κ1) is 13.7. The Bertz CT molecular complexity index is 151. The van der Waals surface area contributed by atoms with Crippen molar-refractivity contribution in [3.05, 3.63) is 12.2 Å². The lowest BCUT2D eigenvalue weighted by Gasteiger charge is -2.17. The molecular formula is C13H26O. The highest BCUT2D eigenvalue weighted by Crippen LogP contribution is 2.12. The van der Waals surface area contributed by atoms with E-state index in [-0.39, 0.29) is 0 Å². The van der Waals surface area contributed by atoms with Crippen LogP contribution < -0.4 is 0 Å². The van der Waals surface area contributed by atoms with E-state index in [1.54, 1.807) is 0 Å². The van der Waals surface area contributed by atoms with Gasteiger partial charge in [0.05, 0.1) is 6.61 Å². The zero-order valence-corrected chi connectivity index (χ0v) is 10.5. The molecule has 1 heteroatoms. The summed E-state index contributed by atoms with van der Waals surface area (Å²) in [6.45, 7) is 12.8. The molecule has 84 valence electrons. The summed E-state index contributed by atoms with van der Waals surface area (Å²) in [5, 5.41) is 0. The van der Waals surface area contributed by atoms with Crippen LogP contribution in [-0.2, 0) is 4.74 Å². The highest BCUT2D eigenvalue weighted by Gasteiger charge is 2.08. The number of ether oxygens (including phenoxy) is 1. The summed E-state index contributed by atoms with van der Waals surface area (Å²) in [5.74, 6) is 0.672. The third-order valence-electron chi connectivity index (χ3n) is 1.72. The average molecular weight is 198 g/mol. The Hall–Kier alpha value is -0.300. The van der Waals surface area contributed by atoms with Crippen molar-refractivity contribution >= 4 is 0 Å². The molecule has 0 radical (unpaired) electrons. The summed E-state index contributed by atoms with van der Waals surface area (Å²) >= 11 is 0. The van der Waals surface area contributed by atoms with E-state index in [1.807, 2.05) is 0 Å². The standard InChI is InChI=1S/C13H26O/c1-12(2)9-7-6-8-10-14-11-13(3,4)5/h7,9,12H,6,8,10-11H2,1-5H3. The Kier molecular flexibility index (Phi) is 6.90. The third kappa shape index (κ3) is 11.7. The second-order valence-corrected chi connectivity index (χ2v) is 5.43. The van der Waals surface area contributed by atoms with Crippen LogP contribution in [0, 0.1) is 11.3 Å². The molecular weight excluding hydrogens is 172 g/mol. The summed E-state index contributed by atoms with van der Waals surface area (Å²) in [7, 11) is 0. The fraction of sp³-hybridized carbons (Fsp3) is 0.846. The fourth-order valence-corrected chi connectivity index (χ4v) is 1.05. The summed E-state index contributed by atoms with van der Waals surface area (Å²) in [6.07, 6.45) is 6.79. The van der Waals surface area contributed by atoms with E-state index in [1.165, 1.54) is 0 Å². The van der Waals surface area contributed by atoms with Gasteiger partial charge in [0, 0.05) is 6.61 Å². The van der Waals surface area contributed by atoms with E-state index in [9.17, 15) is 0 Å². The molecule has 0 saturated carbocycles. The molecule has 0 aromatic rings. The number of rotatable bonds is 6. The van der Waals surface area contributed by atoms with Gasteiger partial charge in [-0.25, -0.2) is 0 Å². The molecule has 0 aromatic carbocycles. The third-order valence-corrected chi connectivity index (χ3v) is 1.72. The van der Waals surface area contributed by atoms with Crippen LogP contribution in [0.1, 0.15) is 47.5 Å². The molecule has 0 fully saturated rings. The molecule has 0 N–H and O–H groups in total. The second kappa shape index (κ2) is 7.05. The van der Waals surface area contributed by atoms with Gasteiger partial charge < -0.3 is 4.74 Å². The van der Waals surface area contributed by atoms with Crippen molar-refractivity contribution in [2.45, 2.75) is 47.5 Å². The molecule has 0 rings (SSSR count). The van der Waals surface area contributed by atoms with Crippen LogP contribution in [0.25, 0.3) is 0 Å². The number of hydrogen-bond donors (Lipinski definition) is 0. The second-order valence-electron chi connectivity index (χ2n) is 5.43. The SMILES string of the molecule is CC(C)C=CCCCOCC(C)(C)C. The van der Waals surface area contributed by atoms with Crippen LogP contribution in [0.3, 0.4) is 0 Å². The van der Waals surface area contributed by atoms with Gasteiger partial charge in [-0.05, 0) is 24.2 Å². The van der Waals surface area contributed by atoms with Crippen molar-refractivity contribution in [2.24, 2.45) is 11.3 Å². The van der Waals surface area contributed by atoms with Gasteiger partial charge in [0.2, 0.25) is 0 Å². The number of unbranched alkanes of at least 4 members (excludes halogenated alkanes) is 1. The fourth-order valence-electron chi connectivity index (χ4n) is 1.05. The lowest BCUT2D eigenvalue weighted by Crippen LogP contribution is -2.14. The number of allylic oxidation sites excluding steroid dienone is 2. The minimum absolute atomic E-state index is 0.299. The predicted molar refractivity (Wildman–Crippen MR) is 63.5 cm³/mol. The van der Waals surface area contributed by atoms with Gasteiger partial charge in [-0.15, -0.1) is 0 Å². The van der Waals surface area contributed by atoms with Crippen LogP contribution in [0.5, 0.6) is 0 Å². The van der Waals surface area contributed by atoms with Crippen molar-refractivity contribution in [1.82, 2.24) is 0 Å². The van der Waals surface area contributed by atoms with Crippen LogP contribution >= 0.6 is 0 Å². The maximum absolute atomic E-state index is 5.57. The number of hydrogen-bond acceptors (Lipinski definition) is 1. The smallest absolute Gasteiger partial charge is 0.0514 e. The molecule has 0 atom stereocenters. The summed E-state index contributed by atoms with van der Waals surface area (Å²) in [4.78, 5) is 0. The Morgan fingerprint density at radius 2 is 1.86 bits per heavy atom. The molecule has 14 heavy (non-hydrogen) atoms. The van der Waals surface area contributed by atoms with E-state index in [2.05, 4.69) is 46.8 Å². The molecule has 0 heterocycles.